The number of carbonyl (C=O) groups excluding carboxylic acids is 1. The lowest BCUT2D eigenvalue weighted by molar-refractivity contribution is -0.126. The highest BCUT2D eigenvalue weighted by Gasteiger charge is 2.30. The third kappa shape index (κ3) is 3.56. The van der Waals surface area contributed by atoms with E-state index in [1.54, 1.807) is 17.4 Å². The Kier molecular flexibility index (Phi) is 4.43. The third-order valence-corrected chi connectivity index (χ3v) is 6.00. The van der Waals surface area contributed by atoms with Gasteiger partial charge in [-0.2, -0.15) is 0 Å². The molecule has 1 saturated carbocycles. The second-order valence-electron chi connectivity index (χ2n) is 6.60. The maximum atomic E-state index is 12.3. The number of hydrogen-bond donors (Lipinski definition) is 0. The van der Waals surface area contributed by atoms with Crippen LogP contribution in [0.1, 0.15) is 53.1 Å². The average Bonchev–Trinajstić information content (AvgIpc) is 3.38. The monoisotopic (exact) mass is 339 g/mol. The molecule has 124 valence electrons. The summed E-state index contributed by atoms with van der Waals surface area (Å²) >= 11 is 1.79. The zero-order valence-corrected chi connectivity index (χ0v) is 14.4. The number of benzene rings is 1. The van der Waals surface area contributed by atoms with Crippen LogP contribution in [0.15, 0.2) is 36.4 Å². The summed E-state index contributed by atoms with van der Waals surface area (Å²) in [6.45, 7) is 1.61. The van der Waals surface area contributed by atoms with Gasteiger partial charge in [0.2, 0.25) is 5.91 Å². The number of hydrogen-bond acceptors (Lipinski definition) is 4. The molecule has 1 amide bonds. The van der Waals surface area contributed by atoms with Crippen LogP contribution < -0.4 is 0 Å². The molecular weight excluding hydrogens is 318 g/mol. The molecule has 2 aliphatic rings. The van der Waals surface area contributed by atoms with Crippen molar-refractivity contribution in [2.24, 2.45) is 0 Å². The third-order valence-electron chi connectivity index (χ3n) is 4.76. The molecule has 4 rings (SSSR count). The van der Waals surface area contributed by atoms with Crippen molar-refractivity contribution in [2.75, 3.05) is 13.1 Å². The van der Waals surface area contributed by atoms with E-state index >= 15 is 0 Å². The first-order chi connectivity index (χ1) is 11.8. The minimum absolute atomic E-state index is 0.105. The molecule has 2 heterocycles. The molecule has 0 radical (unpaired) electrons. The maximum Gasteiger partial charge on any atom is 0.246 e. The van der Waals surface area contributed by atoms with Crippen LogP contribution in [0.5, 0.6) is 0 Å². The Balaban J connectivity index is 1.31. The molecule has 0 unspecified atom stereocenters. The van der Waals surface area contributed by atoms with Crippen molar-refractivity contribution in [1.82, 2.24) is 15.1 Å². The highest BCUT2D eigenvalue weighted by Crippen LogP contribution is 2.43. The van der Waals surface area contributed by atoms with Gasteiger partial charge in [0.15, 0.2) is 0 Å². The van der Waals surface area contributed by atoms with Gasteiger partial charge in [-0.25, -0.2) is 0 Å². The van der Waals surface area contributed by atoms with E-state index in [9.17, 15) is 4.79 Å². The number of likely N-dealkylation sites (tertiary alicyclic amines) is 1. The number of piperidine rings is 1. The van der Waals surface area contributed by atoms with E-state index in [2.05, 4.69) is 10.2 Å². The number of carbonyl (C=O) groups is 1. The van der Waals surface area contributed by atoms with Crippen molar-refractivity contribution < 1.29 is 4.79 Å². The Morgan fingerprint density at radius 1 is 1.00 bits per heavy atom. The first kappa shape index (κ1) is 15.5. The Morgan fingerprint density at radius 3 is 2.25 bits per heavy atom. The Labute approximate surface area is 146 Å². The average molecular weight is 339 g/mol. The molecule has 2 aromatic rings. The minimum Gasteiger partial charge on any atom is -0.339 e. The second kappa shape index (κ2) is 6.85. The topological polar surface area (TPSA) is 46.1 Å². The molecular formula is C19H21N3OS. The molecule has 1 aromatic carbocycles. The first-order valence-electron chi connectivity index (χ1n) is 8.65. The lowest BCUT2D eigenvalue weighted by atomic mass is 9.97. The van der Waals surface area contributed by atoms with Gasteiger partial charge in [-0.1, -0.05) is 30.3 Å². The van der Waals surface area contributed by atoms with E-state index in [0.29, 0.717) is 11.8 Å². The Bertz CT molecular complexity index is 728. The summed E-state index contributed by atoms with van der Waals surface area (Å²) in [5.74, 6) is 1.26. The van der Waals surface area contributed by atoms with Crippen LogP contribution in [0.2, 0.25) is 0 Å². The summed E-state index contributed by atoms with van der Waals surface area (Å²) in [6, 6.07) is 9.94. The van der Waals surface area contributed by atoms with Crippen LogP contribution in [-0.2, 0) is 4.79 Å². The predicted octanol–water partition coefficient (Wildman–Crippen LogP) is 3.83. The van der Waals surface area contributed by atoms with E-state index in [4.69, 9.17) is 0 Å². The zero-order chi connectivity index (χ0) is 16.4. The molecule has 0 spiro atoms. The smallest absolute Gasteiger partial charge is 0.246 e. The molecule has 1 aliphatic heterocycles. The Morgan fingerprint density at radius 2 is 1.62 bits per heavy atom. The summed E-state index contributed by atoms with van der Waals surface area (Å²) < 4.78 is 0. The van der Waals surface area contributed by atoms with Gasteiger partial charge in [-0.05, 0) is 37.3 Å². The first-order valence-corrected chi connectivity index (χ1v) is 9.46. The van der Waals surface area contributed by atoms with Crippen LogP contribution in [0.3, 0.4) is 0 Å². The molecule has 4 nitrogen and oxygen atoms in total. The van der Waals surface area contributed by atoms with Crippen LogP contribution in [0.25, 0.3) is 6.08 Å². The highest BCUT2D eigenvalue weighted by atomic mass is 32.1. The van der Waals surface area contributed by atoms with Crippen molar-refractivity contribution >= 4 is 23.3 Å². The highest BCUT2D eigenvalue weighted by molar-refractivity contribution is 7.11. The van der Waals surface area contributed by atoms with E-state index in [1.165, 1.54) is 22.9 Å². The minimum atomic E-state index is 0.105. The van der Waals surface area contributed by atoms with E-state index in [0.717, 1.165) is 31.5 Å². The van der Waals surface area contributed by atoms with E-state index in [1.807, 2.05) is 41.3 Å². The number of rotatable bonds is 4. The molecule has 0 atom stereocenters. The molecule has 1 saturated heterocycles. The Hall–Kier alpha value is -2.01. The van der Waals surface area contributed by atoms with Crippen molar-refractivity contribution in [2.45, 2.75) is 37.5 Å². The van der Waals surface area contributed by atoms with Gasteiger partial charge in [0.1, 0.15) is 10.0 Å². The maximum absolute atomic E-state index is 12.3. The van der Waals surface area contributed by atoms with Gasteiger partial charge in [0.05, 0.1) is 0 Å². The fourth-order valence-corrected chi connectivity index (χ4v) is 4.27. The molecule has 5 heteroatoms. The summed E-state index contributed by atoms with van der Waals surface area (Å²) in [4.78, 5) is 14.3. The van der Waals surface area contributed by atoms with E-state index in [-0.39, 0.29) is 5.91 Å². The molecule has 24 heavy (non-hydrogen) atoms. The number of amides is 1. The number of aromatic nitrogens is 2. The van der Waals surface area contributed by atoms with Gasteiger partial charge in [0.25, 0.3) is 0 Å². The fourth-order valence-electron chi connectivity index (χ4n) is 3.09. The predicted molar refractivity (Wildman–Crippen MR) is 95.9 cm³/mol. The van der Waals surface area contributed by atoms with Gasteiger partial charge in [0, 0.05) is 31.0 Å². The van der Waals surface area contributed by atoms with Crippen molar-refractivity contribution in [3.05, 3.63) is 52.0 Å². The van der Waals surface area contributed by atoms with Crippen molar-refractivity contribution in [3.8, 4) is 0 Å². The van der Waals surface area contributed by atoms with Crippen LogP contribution >= 0.6 is 11.3 Å². The summed E-state index contributed by atoms with van der Waals surface area (Å²) in [7, 11) is 0. The summed E-state index contributed by atoms with van der Waals surface area (Å²) in [6.07, 6.45) is 8.10. The largest absolute Gasteiger partial charge is 0.339 e. The summed E-state index contributed by atoms with van der Waals surface area (Å²) in [5, 5.41) is 11.1. The van der Waals surface area contributed by atoms with Gasteiger partial charge >= 0.3 is 0 Å². The SMILES string of the molecule is O=C(/C=C/c1ccccc1)N1CCC(c2nnc(C3CC3)s2)CC1. The van der Waals surface area contributed by atoms with Gasteiger partial charge < -0.3 is 4.90 Å². The lowest BCUT2D eigenvalue weighted by Gasteiger charge is -2.30. The molecule has 0 bridgehead atoms. The molecule has 1 aromatic heterocycles. The van der Waals surface area contributed by atoms with Crippen LogP contribution in [0, 0.1) is 0 Å². The summed E-state index contributed by atoms with van der Waals surface area (Å²) in [5.41, 5.74) is 1.06. The fraction of sp³-hybridized carbons (Fsp3) is 0.421. The second-order valence-corrected chi connectivity index (χ2v) is 7.64. The van der Waals surface area contributed by atoms with Gasteiger partial charge in [-0.15, -0.1) is 21.5 Å². The quantitative estimate of drug-likeness (QED) is 0.795. The zero-order valence-electron chi connectivity index (χ0n) is 13.6. The van der Waals surface area contributed by atoms with E-state index < -0.39 is 0 Å². The molecule has 2 fully saturated rings. The lowest BCUT2D eigenvalue weighted by Crippen LogP contribution is -2.36. The number of nitrogens with zero attached hydrogens (tertiary/aromatic N) is 3. The van der Waals surface area contributed by atoms with Gasteiger partial charge in [-0.3, -0.25) is 4.79 Å². The molecule has 1 aliphatic carbocycles. The van der Waals surface area contributed by atoms with Crippen LogP contribution in [0.4, 0.5) is 0 Å². The van der Waals surface area contributed by atoms with Crippen molar-refractivity contribution in [1.29, 1.82) is 0 Å². The van der Waals surface area contributed by atoms with Crippen LogP contribution in [-0.4, -0.2) is 34.1 Å². The molecule has 0 N–H and O–H groups in total. The normalized spacial score (nSPS) is 19.1. The standard InChI is InChI=1S/C19H21N3OS/c23-17(9-6-14-4-2-1-3-5-14)22-12-10-16(11-13-22)19-21-20-18(24-19)15-7-8-15/h1-6,9,15-16H,7-8,10-13H2/b9-6+. The van der Waals surface area contributed by atoms with Crippen molar-refractivity contribution in [3.63, 3.8) is 0 Å².